The zero-order chi connectivity index (χ0) is 23.4. The maximum Gasteiger partial charge on any atom is 0.243 e. The summed E-state index contributed by atoms with van der Waals surface area (Å²) in [6, 6.07) is 12.9. The van der Waals surface area contributed by atoms with E-state index in [-0.39, 0.29) is 29.4 Å². The van der Waals surface area contributed by atoms with E-state index in [1.165, 1.54) is 29.6 Å². The summed E-state index contributed by atoms with van der Waals surface area (Å²) in [5.41, 5.74) is 0.107. The molecule has 1 aliphatic rings. The number of anilines is 1. The number of carbonyl (C=O) groups excluding carboxylic acids is 1. The average molecular weight is 484 g/mol. The van der Waals surface area contributed by atoms with Gasteiger partial charge in [-0.1, -0.05) is 18.2 Å². The second-order valence-electron chi connectivity index (χ2n) is 7.16. The predicted molar refractivity (Wildman–Crippen MR) is 119 cm³/mol. The molecule has 0 radical (unpaired) electrons. The Morgan fingerprint density at radius 1 is 1.09 bits per heavy atom. The fourth-order valence-corrected chi connectivity index (χ4v) is 4.70. The fourth-order valence-electron chi connectivity index (χ4n) is 2.92. The first kappa shape index (κ1) is 24.1. The standard InChI is InChI=1S/C20H25N3O7S2/c1-22(31(2,25)26)15-20(24)21-18-14-17(32(27,28)23-10-12-29-13-11-23)8-9-19(18)30-16-6-4-3-5-7-16/h3-9,14H,10-13,15H2,1-2H3,(H,21,24). The Balaban J connectivity index is 1.92. The number of hydrogen-bond acceptors (Lipinski definition) is 7. The van der Waals surface area contributed by atoms with Gasteiger partial charge in [0.05, 0.1) is 36.6 Å². The van der Waals surface area contributed by atoms with Crippen molar-refractivity contribution in [1.29, 1.82) is 0 Å². The third-order valence-corrected chi connectivity index (χ3v) is 7.89. The van der Waals surface area contributed by atoms with E-state index in [0.29, 0.717) is 19.0 Å². The maximum absolute atomic E-state index is 13.0. The van der Waals surface area contributed by atoms with Crippen molar-refractivity contribution >= 4 is 31.6 Å². The molecule has 2 aromatic rings. The number of nitrogens with one attached hydrogen (secondary N) is 1. The van der Waals surface area contributed by atoms with E-state index in [1.54, 1.807) is 24.3 Å². The van der Waals surface area contributed by atoms with Crippen LogP contribution in [0.3, 0.4) is 0 Å². The summed E-state index contributed by atoms with van der Waals surface area (Å²) in [7, 11) is -6.11. The van der Waals surface area contributed by atoms with Crippen molar-refractivity contribution in [3.8, 4) is 11.5 Å². The molecule has 3 rings (SSSR count). The van der Waals surface area contributed by atoms with E-state index in [2.05, 4.69) is 5.32 Å². The number of amides is 1. The highest BCUT2D eigenvalue weighted by atomic mass is 32.2. The van der Waals surface area contributed by atoms with Gasteiger partial charge >= 0.3 is 0 Å². The lowest BCUT2D eigenvalue weighted by Gasteiger charge is -2.26. The smallest absolute Gasteiger partial charge is 0.243 e. The molecule has 0 bridgehead atoms. The molecule has 2 aromatic carbocycles. The van der Waals surface area contributed by atoms with Gasteiger partial charge in [-0.05, 0) is 30.3 Å². The Kier molecular flexibility index (Phi) is 7.51. The molecule has 1 saturated heterocycles. The van der Waals surface area contributed by atoms with Gasteiger partial charge in [-0.3, -0.25) is 4.79 Å². The van der Waals surface area contributed by atoms with Gasteiger partial charge in [0.2, 0.25) is 26.0 Å². The van der Waals surface area contributed by atoms with Crippen molar-refractivity contribution < 1.29 is 31.1 Å². The van der Waals surface area contributed by atoms with Crippen LogP contribution in [0.2, 0.25) is 0 Å². The molecule has 174 valence electrons. The lowest BCUT2D eigenvalue weighted by atomic mass is 10.2. The van der Waals surface area contributed by atoms with Crippen molar-refractivity contribution in [1.82, 2.24) is 8.61 Å². The fraction of sp³-hybridized carbons (Fsp3) is 0.350. The molecule has 1 heterocycles. The van der Waals surface area contributed by atoms with Gasteiger partial charge in [-0.15, -0.1) is 0 Å². The number of rotatable bonds is 8. The minimum Gasteiger partial charge on any atom is -0.455 e. The van der Waals surface area contributed by atoms with Crippen LogP contribution in [0.15, 0.2) is 53.4 Å². The maximum atomic E-state index is 13.0. The number of para-hydroxylation sites is 1. The Bertz CT molecular complexity index is 1160. The van der Waals surface area contributed by atoms with Crippen LogP contribution in [0, 0.1) is 0 Å². The van der Waals surface area contributed by atoms with Crippen molar-refractivity contribution in [2.45, 2.75) is 4.90 Å². The molecular weight excluding hydrogens is 458 g/mol. The Labute approximate surface area is 187 Å². The zero-order valence-corrected chi connectivity index (χ0v) is 19.4. The molecule has 0 aromatic heterocycles. The number of ether oxygens (including phenoxy) is 2. The molecule has 0 spiro atoms. The van der Waals surface area contributed by atoms with Crippen LogP contribution in [0.25, 0.3) is 0 Å². The van der Waals surface area contributed by atoms with Crippen LogP contribution >= 0.6 is 0 Å². The molecular formula is C20H25N3O7S2. The predicted octanol–water partition coefficient (Wildman–Crippen LogP) is 1.33. The molecule has 1 fully saturated rings. The Hall–Kier alpha value is -2.51. The highest BCUT2D eigenvalue weighted by molar-refractivity contribution is 7.89. The van der Waals surface area contributed by atoms with Gasteiger partial charge < -0.3 is 14.8 Å². The van der Waals surface area contributed by atoms with Gasteiger partial charge in [-0.2, -0.15) is 8.61 Å². The summed E-state index contributed by atoms with van der Waals surface area (Å²) in [5, 5.41) is 2.57. The quantitative estimate of drug-likeness (QED) is 0.601. The van der Waals surface area contributed by atoms with Gasteiger partial charge in [0.25, 0.3) is 0 Å². The minimum atomic E-state index is -3.82. The van der Waals surface area contributed by atoms with Crippen LogP contribution in [0.4, 0.5) is 5.69 Å². The number of nitrogens with zero attached hydrogens (tertiary/aromatic N) is 2. The number of morpholine rings is 1. The number of sulfonamides is 2. The molecule has 1 amide bonds. The van der Waals surface area contributed by atoms with E-state index >= 15 is 0 Å². The third-order valence-electron chi connectivity index (χ3n) is 4.74. The van der Waals surface area contributed by atoms with Crippen LogP contribution in [0.1, 0.15) is 0 Å². The molecule has 1 N–H and O–H groups in total. The minimum absolute atomic E-state index is 0.0217. The Morgan fingerprint density at radius 2 is 1.75 bits per heavy atom. The van der Waals surface area contributed by atoms with Crippen molar-refractivity contribution in [3.63, 3.8) is 0 Å². The van der Waals surface area contributed by atoms with Gasteiger partial charge in [0.15, 0.2) is 5.75 Å². The lowest BCUT2D eigenvalue weighted by molar-refractivity contribution is -0.116. The van der Waals surface area contributed by atoms with Crippen molar-refractivity contribution in [3.05, 3.63) is 48.5 Å². The van der Waals surface area contributed by atoms with E-state index in [1.807, 2.05) is 6.07 Å². The SMILES string of the molecule is CN(CC(=O)Nc1cc(S(=O)(=O)N2CCOCC2)ccc1Oc1ccccc1)S(C)(=O)=O. The molecule has 0 aliphatic carbocycles. The van der Waals surface area contributed by atoms with Crippen molar-refractivity contribution in [2.24, 2.45) is 0 Å². The van der Waals surface area contributed by atoms with E-state index in [4.69, 9.17) is 9.47 Å². The highest BCUT2D eigenvalue weighted by Crippen LogP contribution is 2.33. The number of carbonyl (C=O) groups is 1. The topological polar surface area (TPSA) is 122 Å². The van der Waals surface area contributed by atoms with Crippen molar-refractivity contribution in [2.75, 3.05) is 51.5 Å². The number of benzene rings is 2. The van der Waals surface area contributed by atoms with Crippen LogP contribution < -0.4 is 10.1 Å². The van der Waals surface area contributed by atoms with Crippen LogP contribution in [-0.2, 0) is 29.6 Å². The van der Waals surface area contributed by atoms with Crippen LogP contribution in [-0.4, -0.2) is 77.5 Å². The van der Waals surface area contributed by atoms with Gasteiger partial charge in [0.1, 0.15) is 5.75 Å². The molecule has 32 heavy (non-hydrogen) atoms. The Morgan fingerprint density at radius 3 is 2.38 bits per heavy atom. The summed E-state index contributed by atoms with van der Waals surface area (Å²) >= 11 is 0. The highest BCUT2D eigenvalue weighted by Gasteiger charge is 2.27. The molecule has 0 saturated carbocycles. The second-order valence-corrected chi connectivity index (χ2v) is 11.2. The molecule has 0 atom stereocenters. The first-order chi connectivity index (χ1) is 15.1. The molecule has 10 nitrogen and oxygen atoms in total. The zero-order valence-electron chi connectivity index (χ0n) is 17.7. The monoisotopic (exact) mass is 483 g/mol. The normalized spacial score (nSPS) is 15.5. The van der Waals surface area contributed by atoms with Gasteiger partial charge in [0, 0.05) is 20.1 Å². The van der Waals surface area contributed by atoms with Gasteiger partial charge in [-0.25, -0.2) is 16.8 Å². The number of likely N-dealkylation sites (N-methyl/N-ethyl adjacent to an activating group) is 1. The first-order valence-electron chi connectivity index (χ1n) is 9.73. The summed E-state index contributed by atoms with van der Waals surface area (Å²) < 4.78 is 62.5. The lowest BCUT2D eigenvalue weighted by Crippen LogP contribution is -2.40. The first-order valence-corrected chi connectivity index (χ1v) is 13.0. The summed E-state index contributed by atoms with van der Waals surface area (Å²) in [5.74, 6) is 0.0595. The summed E-state index contributed by atoms with van der Waals surface area (Å²) in [6.07, 6.45) is 0.986. The summed E-state index contributed by atoms with van der Waals surface area (Å²) in [6.45, 7) is 0.618. The van der Waals surface area contributed by atoms with Crippen LogP contribution in [0.5, 0.6) is 11.5 Å². The molecule has 12 heteroatoms. The summed E-state index contributed by atoms with van der Waals surface area (Å²) in [4.78, 5) is 12.5. The van der Waals surface area contributed by atoms with E-state index < -0.39 is 32.5 Å². The molecule has 0 unspecified atom stereocenters. The average Bonchev–Trinajstić information content (AvgIpc) is 2.75. The molecule has 1 aliphatic heterocycles. The van der Waals surface area contributed by atoms with E-state index in [9.17, 15) is 21.6 Å². The van der Waals surface area contributed by atoms with E-state index in [0.717, 1.165) is 10.6 Å². The third kappa shape index (κ3) is 6.04. The number of hydrogen-bond donors (Lipinski definition) is 1. The second kappa shape index (κ2) is 9.96. The largest absolute Gasteiger partial charge is 0.455 e.